The van der Waals surface area contributed by atoms with Crippen molar-refractivity contribution in [2.24, 2.45) is 0 Å². The van der Waals surface area contributed by atoms with Crippen LogP contribution < -0.4 is 0 Å². The van der Waals surface area contributed by atoms with Crippen LogP contribution >= 0.6 is 0 Å². The predicted molar refractivity (Wildman–Crippen MR) is 82.0 cm³/mol. The van der Waals surface area contributed by atoms with Crippen molar-refractivity contribution in [3.8, 4) is 11.4 Å². The van der Waals surface area contributed by atoms with E-state index in [9.17, 15) is 26.0 Å². The molecule has 0 saturated heterocycles. The minimum Gasteiger partial charge on any atom is -0.329 e. The molecule has 0 aliphatic carbocycles. The van der Waals surface area contributed by atoms with Crippen LogP contribution in [-0.2, 0) is 21.8 Å². The molecule has 0 N–H and O–H groups in total. The molecule has 5 nitrogen and oxygen atoms in total. The van der Waals surface area contributed by atoms with Gasteiger partial charge < -0.3 is 4.52 Å². The summed E-state index contributed by atoms with van der Waals surface area (Å²) in [6, 6.07) is 10.4. The number of alkyl halides is 3. The predicted octanol–water partition coefficient (Wildman–Crippen LogP) is 3.87. The monoisotopic (exact) mass is 386 g/mol. The van der Waals surface area contributed by atoms with Crippen LogP contribution in [-0.4, -0.2) is 18.6 Å². The molecule has 3 aromatic rings. The average molecular weight is 386 g/mol. The zero-order valence-corrected chi connectivity index (χ0v) is 13.7. The summed E-state index contributed by atoms with van der Waals surface area (Å²) in [4.78, 5) is 3.11. The summed E-state index contributed by atoms with van der Waals surface area (Å²) < 4.78 is 79.9. The van der Waals surface area contributed by atoms with Crippen molar-refractivity contribution in [1.29, 1.82) is 0 Å². The van der Waals surface area contributed by atoms with Crippen LogP contribution in [0.2, 0.25) is 0 Å². The maximum Gasteiger partial charge on any atom is 0.471 e. The molecule has 0 aliphatic rings. The summed E-state index contributed by atoms with van der Waals surface area (Å²) >= 11 is 0. The van der Waals surface area contributed by atoms with Crippen LogP contribution in [0.15, 0.2) is 57.9 Å². The molecule has 0 radical (unpaired) electrons. The molecule has 0 saturated carbocycles. The lowest BCUT2D eigenvalue weighted by Crippen LogP contribution is -2.06. The highest BCUT2D eigenvalue weighted by atomic mass is 32.2. The van der Waals surface area contributed by atoms with Crippen LogP contribution in [0.1, 0.15) is 11.5 Å². The Labute approximate surface area is 145 Å². The summed E-state index contributed by atoms with van der Waals surface area (Å²) in [5, 5.41) is 3.22. The number of rotatable bonds is 4. The van der Waals surface area contributed by atoms with Gasteiger partial charge in [-0.15, -0.1) is 0 Å². The van der Waals surface area contributed by atoms with Gasteiger partial charge in [-0.1, -0.05) is 23.4 Å². The molecule has 0 bridgehead atoms. The maximum atomic E-state index is 13.6. The molecular formula is C16H10F4N2O3S. The number of benzene rings is 2. The number of halogens is 4. The molecule has 26 heavy (non-hydrogen) atoms. The van der Waals surface area contributed by atoms with E-state index in [4.69, 9.17) is 0 Å². The fourth-order valence-electron chi connectivity index (χ4n) is 2.17. The zero-order chi connectivity index (χ0) is 18.9. The number of sulfone groups is 1. The highest BCUT2D eigenvalue weighted by molar-refractivity contribution is 7.90. The van der Waals surface area contributed by atoms with Crippen molar-refractivity contribution < 1.29 is 30.5 Å². The van der Waals surface area contributed by atoms with Crippen molar-refractivity contribution in [2.75, 3.05) is 0 Å². The van der Waals surface area contributed by atoms with Gasteiger partial charge in [0.05, 0.1) is 10.6 Å². The van der Waals surface area contributed by atoms with Gasteiger partial charge >= 0.3 is 12.1 Å². The lowest BCUT2D eigenvalue weighted by Gasteiger charge is -2.06. The Balaban J connectivity index is 1.85. The Morgan fingerprint density at radius 2 is 1.65 bits per heavy atom. The molecule has 0 aliphatic heterocycles. The van der Waals surface area contributed by atoms with Gasteiger partial charge in [0.15, 0.2) is 9.84 Å². The van der Waals surface area contributed by atoms with Crippen LogP contribution in [0.4, 0.5) is 17.6 Å². The molecule has 0 atom stereocenters. The fourth-order valence-corrected chi connectivity index (χ4v) is 3.53. The van der Waals surface area contributed by atoms with E-state index < -0.39 is 33.5 Å². The van der Waals surface area contributed by atoms with Crippen LogP contribution in [0.5, 0.6) is 0 Å². The summed E-state index contributed by atoms with van der Waals surface area (Å²) in [6.07, 6.45) is -4.77. The first kappa shape index (κ1) is 18.1. The Kier molecular flexibility index (Phi) is 4.53. The molecule has 0 amide bonds. The van der Waals surface area contributed by atoms with E-state index in [-0.39, 0.29) is 21.8 Å². The molecule has 0 spiro atoms. The van der Waals surface area contributed by atoms with Crippen molar-refractivity contribution in [3.63, 3.8) is 0 Å². The largest absolute Gasteiger partial charge is 0.471 e. The first-order valence-corrected chi connectivity index (χ1v) is 8.79. The van der Waals surface area contributed by atoms with Gasteiger partial charge in [-0.3, -0.25) is 0 Å². The molecule has 1 heterocycles. The van der Waals surface area contributed by atoms with Gasteiger partial charge in [-0.2, -0.15) is 18.2 Å². The van der Waals surface area contributed by atoms with E-state index in [1.165, 1.54) is 42.5 Å². The van der Waals surface area contributed by atoms with Crippen LogP contribution in [0.25, 0.3) is 11.4 Å². The van der Waals surface area contributed by atoms with E-state index in [0.717, 1.165) is 6.07 Å². The summed E-state index contributed by atoms with van der Waals surface area (Å²) in [5.41, 5.74) is 0.165. The third-order valence-corrected chi connectivity index (χ3v) is 5.12. The van der Waals surface area contributed by atoms with Gasteiger partial charge in [-0.05, 0) is 30.3 Å². The summed E-state index contributed by atoms with van der Waals surface area (Å²) in [7, 11) is -3.84. The normalized spacial score (nSPS) is 12.3. The lowest BCUT2D eigenvalue weighted by molar-refractivity contribution is -0.159. The van der Waals surface area contributed by atoms with Crippen molar-refractivity contribution >= 4 is 9.84 Å². The van der Waals surface area contributed by atoms with Crippen molar-refractivity contribution in [3.05, 3.63) is 65.8 Å². The molecule has 1 aromatic heterocycles. The molecule has 136 valence electrons. The third kappa shape index (κ3) is 3.74. The van der Waals surface area contributed by atoms with E-state index in [1.54, 1.807) is 0 Å². The zero-order valence-electron chi connectivity index (χ0n) is 12.9. The number of hydrogen-bond acceptors (Lipinski definition) is 5. The highest BCUT2D eigenvalue weighted by Crippen LogP contribution is 2.29. The molecule has 10 heteroatoms. The molecule has 2 aromatic carbocycles. The Hall–Kier alpha value is -2.75. The summed E-state index contributed by atoms with van der Waals surface area (Å²) in [6.45, 7) is 0. The third-order valence-electron chi connectivity index (χ3n) is 3.44. The molecule has 0 fully saturated rings. The second-order valence-electron chi connectivity index (χ2n) is 5.30. The van der Waals surface area contributed by atoms with E-state index >= 15 is 0 Å². The minimum absolute atomic E-state index is 0.0181. The van der Waals surface area contributed by atoms with Crippen molar-refractivity contribution in [2.45, 2.75) is 16.8 Å². The first-order chi connectivity index (χ1) is 12.2. The van der Waals surface area contributed by atoms with E-state index in [2.05, 4.69) is 14.7 Å². The summed E-state index contributed by atoms with van der Waals surface area (Å²) in [5.74, 6) is -3.00. The van der Waals surface area contributed by atoms with Crippen molar-refractivity contribution in [1.82, 2.24) is 10.1 Å². The Bertz CT molecular complexity index is 1030. The SMILES string of the molecule is O=S(=O)(Cc1ccccc1F)c1ccc(-c2noc(C(F)(F)F)n2)cc1. The molecule has 3 rings (SSSR count). The van der Waals surface area contributed by atoms with Gasteiger partial charge in [0.1, 0.15) is 5.82 Å². The number of aromatic nitrogens is 2. The van der Waals surface area contributed by atoms with E-state index in [1.807, 2.05) is 0 Å². The quantitative estimate of drug-likeness (QED) is 0.637. The van der Waals surface area contributed by atoms with Gasteiger partial charge in [0.25, 0.3) is 0 Å². The number of hydrogen-bond donors (Lipinski definition) is 0. The highest BCUT2D eigenvalue weighted by Gasteiger charge is 2.38. The maximum absolute atomic E-state index is 13.6. The standard InChI is InChI=1S/C16H10F4N2O3S/c17-13-4-2-1-3-11(13)9-26(23,24)12-7-5-10(6-8-12)14-21-15(25-22-14)16(18,19)20/h1-8H,9H2. The second kappa shape index (κ2) is 6.52. The van der Waals surface area contributed by atoms with Gasteiger partial charge in [0.2, 0.25) is 5.82 Å². The molecular weight excluding hydrogens is 376 g/mol. The first-order valence-electron chi connectivity index (χ1n) is 7.14. The van der Waals surface area contributed by atoms with Crippen LogP contribution in [0, 0.1) is 5.82 Å². The Morgan fingerprint density at radius 3 is 2.23 bits per heavy atom. The number of nitrogens with zero attached hydrogens (tertiary/aromatic N) is 2. The fraction of sp³-hybridized carbons (Fsp3) is 0.125. The van der Waals surface area contributed by atoms with Crippen LogP contribution in [0.3, 0.4) is 0 Å². The topological polar surface area (TPSA) is 73.1 Å². The Morgan fingerprint density at radius 1 is 1.00 bits per heavy atom. The minimum atomic E-state index is -4.77. The average Bonchev–Trinajstić information content (AvgIpc) is 3.07. The second-order valence-corrected chi connectivity index (χ2v) is 7.29. The van der Waals surface area contributed by atoms with Gasteiger partial charge in [-0.25, -0.2) is 12.8 Å². The van der Waals surface area contributed by atoms with Gasteiger partial charge in [0, 0.05) is 11.1 Å². The smallest absolute Gasteiger partial charge is 0.329 e. The molecule has 0 unspecified atom stereocenters. The van der Waals surface area contributed by atoms with E-state index in [0.29, 0.717) is 0 Å². The lowest BCUT2D eigenvalue weighted by atomic mass is 10.2.